The number of pyridine rings is 1. The van der Waals surface area contributed by atoms with Crippen molar-refractivity contribution >= 4 is 23.1 Å². The zero-order valence-corrected chi connectivity index (χ0v) is 15.5. The molecule has 0 spiro atoms. The van der Waals surface area contributed by atoms with Gasteiger partial charge >= 0.3 is 0 Å². The van der Waals surface area contributed by atoms with E-state index < -0.39 is 0 Å². The molecule has 0 bridgehead atoms. The number of nitrogens with one attached hydrogen (secondary N) is 2. The molecule has 0 unspecified atom stereocenters. The molecule has 0 saturated carbocycles. The number of benzene rings is 2. The number of hydrogen-bond acceptors (Lipinski definition) is 4. The molecule has 0 saturated heterocycles. The smallest absolute Gasteiger partial charge is 0.229 e. The molecular weight excluding hydrogens is 338 g/mol. The zero-order valence-electron chi connectivity index (χ0n) is 15.5. The molecule has 0 fully saturated rings. The first kappa shape index (κ1) is 18.5. The lowest BCUT2D eigenvalue weighted by molar-refractivity contribution is -0.115. The molecule has 2 N–H and O–H groups in total. The summed E-state index contributed by atoms with van der Waals surface area (Å²) in [6.07, 6.45) is 2.01. The average Bonchev–Trinajstić information content (AvgIpc) is 2.67. The van der Waals surface area contributed by atoms with Gasteiger partial charge in [-0.15, -0.1) is 0 Å². The summed E-state index contributed by atoms with van der Waals surface area (Å²) < 4.78 is 5.61. The van der Waals surface area contributed by atoms with Crippen molar-refractivity contribution in [1.82, 2.24) is 4.98 Å². The summed E-state index contributed by atoms with van der Waals surface area (Å²) >= 11 is 0. The molecule has 3 rings (SSSR count). The lowest BCUT2D eigenvalue weighted by atomic mass is 10.1. The van der Waals surface area contributed by atoms with E-state index in [1.54, 1.807) is 12.3 Å². The molecule has 5 nitrogen and oxygen atoms in total. The standard InChI is InChI=1S/C22H23N3O2/c1-3-27-20-7-5-4-6-19(20)24-18-12-13-21(23-15-18)25-22(26)14-17-10-8-16(2)9-11-17/h4-13,15,24H,3,14H2,1-2H3,(H,23,25,26). The lowest BCUT2D eigenvalue weighted by Crippen LogP contribution is -2.15. The van der Waals surface area contributed by atoms with E-state index in [1.807, 2.05) is 68.4 Å². The maximum Gasteiger partial charge on any atom is 0.229 e. The van der Waals surface area contributed by atoms with Crippen LogP contribution in [0.1, 0.15) is 18.1 Å². The third kappa shape index (κ3) is 5.31. The Morgan fingerprint density at radius 2 is 1.81 bits per heavy atom. The van der Waals surface area contributed by atoms with Crippen molar-refractivity contribution in [2.45, 2.75) is 20.3 Å². The van der Waals surface area contributed by atoms with Crippen LogP contribution in [0.3, 0.4) is 0 Å². The molecule has 5 heteroatoms. The normalized spacial score (nSPS) is 10.3. The first-order chi connectivity index (χ1) is 13.1. The van der Waals surface area contributed by atoms with Crippen LogP contribution >= 0.6 is 0 Å². The Balaban J connectivity index is 1.60. The number of carbonyl (C=O) groups is 1. The predicted octanol–water partition coefficient (Wildman–Crippen LogP) is 4.71. The van der Waals surface area contributed by atoms with E-state index in [2.05, 4.69) is 15.6 Å². The first-order valence-electron chi connectivity index (χ1n) is 8.94. The third-order valence-electron chi connectivity index (χ3n) is 3.98. The minimum absolute atomic E-state index is 0.0891. The highest BCUT2D eigenvalue weighted by molar-refractivity contribution is 5.91. The molecule has 3 aromatic rings. The number of nitrogens with zero attached hydrogens (tertiary/aromatic N) is 1. The van der Waals surface area contributed by atoms with Crippen LogP contribution in [0.5, 0.6) is 5.75 Å². The Bertz CT molecular complexity index is 890. The number of carbonyl (C=O) groups excluding carboxylic acids is 1. The fourth-order valence-corrected chi connectivity index (χ4v) is 2.63. The fraction of sp³-hybridized carbons (Fsp3) is 0.182. The van der Waals surface area contributed by atoms with Gasteiger partial charge in [0.15, 0.2) is 0 Å². The van der Waals surface area contributed by atoms with Crippen molar-refractivity contribution in [2.24, 2.45) is 0 Å². The van der Waals surface area contributed by atoms with E-state index in [1.165, 1.54) is 5.56 Å². The van der Waals surface area contributed by atoms with Gasteiger partial charge in [0, 0.05) is 0 Å². The maximum atomic E-state index is 12.2. The van der Waals surface area contributed by atoms with Gasteiger partial charge in [-0.3, -0.25) is 4.79 Å². The summed E-state index contributed by atoms with van der Waals surface area (Å²) in [5, 5.41) is 6.11. The van der Waals surface area contributed by atoms with Gasteiger partial charge < -0.3 is 15.4 Å². The summed E-state index contributed by atoms with van der Waals surface area (Å²) in [4.78, 5) is 16.5. The Morgan fingerprint density at radius 1 is 1.04 bits per heavy atom. The van der Waals surface area contributed by atoms with E-state index >= 15 is 0 Å². The number of aromatic nitrogens is 1. The Hall–Kier alpha value is -3.34. The molecule has 0 aliphatic heterocycles. The highest BCUT2D eigenvalue weighted by Crippen LogP contribution is 2.27. The van der Waals surface area contributed by atoms with E-state index in [0.29, 0.717) is 18.8 Å². The SMILES string of the molecule is CCOc1ccccc1Nc1ccc(NC(=O)Cc2ccc(C)cc2)nc1. The van der Waals surface area contributed by atoms with Gasteiger partial charge in [0.05, 0.1) is 30.6 Å². The quantitative estimate of drug-likeness (QED) is 0.639. The van der Waals surface area contributed by atoms with Crippen molar-refractivity contribution in [2.75, 3.05) is 17.2 Å². The highest BCUT2D eigenvalue weighted by atomic mass is 16.5. The topological polar surface area (TPSA) is 63.2 Å². The van der Waals surface area contributed by atoms with Crippen LogP contribution in [0.2, 0.25) is 0 Å². The molecule has 2 aromatic carbocycles. The second-order valence-corrected chi connectivity index (χ2v) is 6.20. The minimum Gasteiger partial charge on any atom is -0.492 e. The van der Waals surface area contributed by atoms with E-state index in [4.69, 9.17) is 4.74 Å². The predicted molar refractivity (Wildman–Crippen MR) is 109 cm³/mol. The van der Waals surface area contributed by atoms with Gasteiger partial charge in [-0.2, -0.15) is 0 Å². The molecule has 0 radical (unpaired) electrons. The number of aryl methyl sites for hydroxylation is 1. The number of hydrogen-bond donors (Lipinski definition) is 2. The molecule has 0 atom stereocenters. The van der Waals surface area contributed by atoms with Crippen LogP contribution in [-0.4, -0.2) is 17.5 Å². The van der Waals surface area contributed by atoms with Crippen molar-refractivity contribution in [3.8, 4) is 5.75 Å². The van der Waals surface area contributed by atoms with Crippen LogP contribution in [-0.2, 0) is 11.2 Å². The third-order valence-corrected chi connectivity index (χ3v) is 3.98. The summed E-state index contributed by atoms with van der Waals surface area (Å²) in [7, 11) is 0. The molecular formula is C22H23N3O2. The number of amides is 1. The van der Waals surface area contributed by atoms with Crippen LogP contribution in [0.15, 0.2) is 66.9 Å². The van der Waals surface area contributed by atoms with Gasteiger partial charge in [-0.05, 0) is 43.7 Å². The van der Waals surface area contributed by atoms with Gasteiger partial charge in [0.25, 0.3) is 0 Å². The van der Waals surface area contributed by atoms with Crippen molar-refractivity contribution < 1.29 is 9.53 Å². The van der Waals surface area contributed by atoms with Crippen molar-refractivity contribution in [3.05, 3.63) is 78.0 Å². The summed E-state index contributed by atoms with van der Waals surface area (Å²) in [5.74, 6) is 1.22. The number of anilines is 3. The summed E-state index contributed by atoms with van der Waals surface area (Å²) in [5.41, 5.74) is 3.84. The highest BCUT2D eigenvalue weighted by Gasteiger charge is 2.06. The van der Waals surface area contributed by atoms with Crippen LogP contribution < -0.4 is 15.4 Å². The molecule has 1 heterocycles. The van der Waals surface area contributed by atoms with E-state index in [0.717, 1.165) is 22.7 Å². The maximum absolute atomic E-state index is 12.2. The molecule has 1 aromatic heterocycles. The first-order valence-corrected chi connectivity index (χ1v) is 8.94. The second-order valence-electron chi connectivity index (χ2n) is 6.20. The largest absolute Gasteiger partial charge is 0.492 e. The Morgan fingerprint density at radius 3 is 2.52 bits per heavy atom. The lowest BCUT2D eigenvalue weighted by Gasteiger charge is -2.12. The van der Waals surface area contributed by atoms with Crippen LogP contribution in [0.25, 0.3) is 0 Å². The second kappa shape index (κ2) is 8.85. The molecule has 27 heavy (non-hydrogen) atoms. The van der Waals surface area contributed by atoms with Crippen molar-refractivity contribution in [1.29, 1.82) is 0 Å². The number of para-hydroxylation sites is 2. The van der Waals surface area contributed by atoms with E-state index in [-0.39, 0.29) is 5.91 Å². The average molecular weight is 361 g/mol. The molecule has 138 valence electrons. The fourth-order valence-electron chi connectivity index (χ4n) is 2.63. The number of ether oxygens (including phenoxy) is 1. The number of rotatable bonds is 7. The monoisotopic (exact) mass is 361 g/mol. The van der Waals surface area contributed by atoms with Crippen LogP contribution in [0, 0.1) is 6.92 Å². The summed E-state index contributed by atoms with van der Waals surface area (Å²) in [6.45, 7) is 4.57. The van der Waals surface area contributed by atoms with Gasteiger partial charge in [-0.25, -0.2) is 4.98 Å². The molecule has 0 aliphatic rings. The van der Waals surface area contributed by atoms with Crippen molar-refractivity contribution in [3.63, 3.8) is 0 Å². The van der Waals surface area contributed by atoms with Gasteiger partial charge in [-0.1, -0.05) is 42.0 Å². The minimum atomic E-state index is -0.0891. The van der Waals surface area contributed by atoms with E-state index in [9.17, 15) is 4.79 Å². The van der Waals surface area contributed by atoms with Gasteiger partial charge in [0.1, 0.15) is 11.6 Å². The molecule has 1 amide bonds. The molecule has 0 aliphatic carbocycles. The Kier molecular flexibility index (Phi) is 6.05. The van der Waals surface area contributed by atoms with Gasteiger partial charge in [0.2, 0.25) is 5.91 Å². The summed E-state index contributed by atoms with van der Waals surface area (Å²) in [6, 6.07) is 19.3. The Labute approximate surface area is 159 Å². The van der Waals surface area contributed by atoms with Crippen LogP contribution in [0.4, 0.5) is 17.2 Å². The zero-order chi connectivity index (χ0) is 19.1.